The third-order valence-electron chi connectivity index (χ3n) is 6.77. The molecule has 2 saturated heterocycles. The van der Waals surface area contributed by atoms with Crippen molar-refractivity contribution in [1.82, 2.24) is 24.5 Å². The van der Waals surface area contributed by atoms with Crippen LogP contribution in [0.5, 0.6) is 0 Å². The van der Waals surface area contributed by atoms with Gasteiger partial charge in [-0.2, -0.15) is 5.10 Å². The third-order valence-corrected chi connectivity index (χ3v) is 6.77. The fraction of sp³-hybridized carbons (Fsp3) is 0.520. The summed E-state index contributed by atoms with van der Waals surface area (Å²) in [5.41, 5.74) is 5.36. The van der Waals surface area contributed by atoms with E-state index in [-0.39, 0.29) is 11.9 Å². The molecule has 0 unspecified atom stereocenters. The van der Waals surface area contributed by atoms with Gasteiger partial charge < -0.3 is 9.80 Å². The number of nitrogens with zero attached hydrogens (tertiary/aromatic N) is 6. The second-order valence-corrected chi connectivity index (χ2v) is 9.64. The van der Waals surface area contributed by atoms with E-state index in [0.29, 0.717) is 11.6 Å². The van der Waals surface area contributed by atoms with Gasteiger partial charge in [-0.1, -0.05) is 6.92 Å². The Morgan fingerprint density at radius 3 is 2.62 bits per heavy atom. The van der Waals surface area contributed by atoms with E-state index < -0.39 is 0 Å². The summed E-state index contributed by atoms with van der Waals surface area (Å²) in [5, 5.41) is 4.86. The molecular weight excluding hydrogens is 400 g/mol. The lowest BCUT2D eigenvalue weighted by Crippen LogP contribution is -2.39. The average molecular weight is 433 g/mol. The van der Waals surface area contributed by atoms with Crippen LogP contribution < -0.4 is 4.90 Å². The van der Waals surface area contributed by atoms with Crippen molar-refractivity contribution in [1.29, 1.82) is 0 Å². The van der Waals surface area contributed by atoms with Crippen LogP contribution in [0.15, 0.2) is 24.4 Å². The van der Waals surface area contributed by atoms with Crippen LogP contribution in [0.2, 0.25) is 0 Å². The highest BCUT2D eigenvalue weighted by Gasteiger charge is 2.32. The van der Waals surface area contributed by atoms with Gasteiger partial charge >= 0.3 is 0 Å². The van der Waals surface area contributed by atoms with Gasteiger partial charge in [-0.25, -0.2) is 14.5 Å². The Morgan fingerprint density at radius 2 is 1.88 bits per heavy atom. The number of amides is 1. The van der Waals surface area contributed by atoms with Crippen molar-refractivity contribution in [3.05, 3.63) is 52.6 Å². The smallest absolute Gasteiger partial charge is 0.273 e. The lowest BCUT2D eigenvalue weighted by Gasteiger charge is -2.34. The Kier molecular flexibility index (Phi) is 5.35. The number of pyridine rings is 1. The number of aryl methyl sites for hydroxylation is 3. The van der Waals surface area contributed by atoms with Crippen LogP contribution in [0, 0.1) is 26.7 Å². The monoisotopic (exact) mass is 432 g/mol. The molecule has 2 aliphatic rings. The van der Waals surface area contributed by atoms with Crippen LogP contribution >= 0.6 is 0 Å². The minimum Gasteiger partial charge on any atom is -0.356 e. The Labute approximate surface area is 189 Å². The lowest BCUT2D eigenvalue weighted by molar-refractivity contribution is 0.0599. The highest BCUT2D eigenvalue weighted by molar-refractivity contribution is 5.93. The van der Waals surface area contributed by atoms with E-state index in [1.54, 1.807) is 0 Å². The number of piperidine rings is 1. The number of fused-ring (bicyclic) bond motifs is 1. The summed E-state index contributed by atoms with van der Waals surface area (Å²) in [7, 11) is 0. The Hall–Kier alpha value is -2.96. The fourth-order valence-electron chi connectivity index (χ4n) is 5.21. The number of rotatable bonds is 3. The number of carbonyl (C=O) groups excluding carboxylic acids is 1. The van der Waals surface area contributed by atoms with E-state index in [1.807, 2.05) is 35.4 Å². The van der Waals surface area contributed by atoms with Gasteiger partial charge in [0.2, 0.25) is 0 Å². The number of aromatic nitrogens is 4. The molecule has 7 heteroatoms. The molecule has 2 fully saturated rings. The molecule has 7 nitrogen and oxygen atoms in total. The quantitative estimate of drug-likeness (QED) is 0.619. The summed E-state index contributed by atoms with van der Waals surface area (Å²) in [5.74, 6) is 1.76. The molecule has 2 atom stereocenters. The number of hydrogen-bond acceptors (Lipinski definition) is 5. The molecule has 32 heavy (non-hydrogen) atoms. The van der Waals surface area contributed by atoms with E-state index in [4.69, 9.17) is 10.1 Å². The first-order valence-electron chi connectivity index (χ1n) is 11.8. The number of carbonyl (C=O) groups is 1. The normalized spacial score (nSPS) is 21.5. The summed E-state index contributed by atoms with van der Waals surface area (Å²) in [6, 6.07) is 5.90. The Bertz CT molecular complexity index is 1150. The molecule has 1 amide bonds. The van der Waals surface area contributed by atoms with Crippen LogP contribution in [0.25, 0.3) is 5.65 Å². The molecular formula is C25H32N6O. The zero-order valence-electron chi connectivity index (χ0n) is 19.5. The molecule has 0 saturated carbocycles. The predicted octanol–water partition coefficient (Wildman–Crippen LogP) is 4.26. The van der Waals surface area contributed by atoms with Crippen molar-refractivity contribution in [2.45, 2.75) is 59.4 Å². The minimum absolute atomic E-state index is 0.00515. The van der Waals surface area contributed by atoms with Gasteiger partial charge in [-0.3, -0.25) is 4.79 Å². The van der Waals surface area contributed by atoms with Crippen molar-refractivity contribution in [3.63, 3.8) is 0 Å². The van der Waals surface area contributed by atoms with Crippen LogP contribution in [-0.2, 0) is 0 Å². The molecule has 0 spiro atoms. The molecule has 5 rings (SSSR count). The molecule has 168 valence electrons. The standard InChI is InChI=1S/C25H32N6O/c1-16-8-10-29(14-16)24-18(3)15-31-23(27-24)13-20(28-31)22-7-5-6-9-30(22)25(32)21-12-17(2)11-19(4)26-21/h11-13,15-16,22H,5-10,14H2,1-4H3/t16-,22-/m0/s1. The first kappa shape index (κ1) is 20.9. The second-order valence-electron chi connectivity index (χ2n) is 9.64. The van der Waals surface area contributed by atoms with E-state index in [9.17, 15) is 4.79 Å². The molecule has 3 aromatic rings. The zero-order valence-corrected chi connectivity index (χ0v) is 19.5. The zero-order chi connectivity index (χ0) is 22.4. The fourth-order valence-corrected chi connectivity index (χ4v) is 5.21. The number of hydrogen-bond donors (Lipinski definition) is 0. The SMILES string of the molecule is Cc1cc(C)nc(C(=O)N2CCCC[C@H]2c2cc3nc(N4CC[C@H](C)C4)c(C)cn3n2)c1. The summed E-state index contributed by atoms with van der Waals surface area (Å²) in [6.45, 7) is 11.2. The highest BCUT2D eigenvalue weighted by Crippen LogP contribution is 2.33. The van der Waals surface area contributed by atoms with E-state index in [2.05, 4.69) is 36.0 Å². The van der Waals surface area contributed by atoms with Gasteiger partial charge in [0.1, 0.15) is 11.5 Å². The molecule has 3 aromatic heterocycles. The van der Waals surface area contributed by atoms with Gasteiger partial charge in [0.25, 0.3) is 5.91 Å². The van der Waals surface area contributed by atoms with E-state index >= 15 is 0 Å². The largest absolute Gasteiger partial charge is 0.356 e. The first-order valence-corrected chi connectivity index (χ1v) is 11.8. The Morgan fingerprint density at radius 1 is 1.03 bits per heavy atom. The van der Waals surface area contributed by atoms with Crippen LogP contribution in [0.3, 0.4) is 0 Å². The molecule has 0 aliphatic carbocycles. The maximum absolute atomic E-state index is 13.4. The first-order chi connectivity index (χ1) is 15.4. The maximum Gasteiger partial charge on any atom is 0.273 e. The number of anilines is 1. The molecule has 5 heterocycles. The molecule has 0 N–H and O–H groups in total. The lowest BCUT2D eigenvalue weighted by atomic mass is 9.98. The van der Waals surface area contributed by atoms with Crippen LogP contribution in [0.4, 0.5) is 5.82 Å². The van der Waals surface area contributed by atoms with Crippen molar-refractivity contribution in [2.75, 3.05) is 24.5 Å². The molecule has 0 aromatic carbocycles. The summed E-state index contributed by atoms with van der Waals surface area (Å²) < 4.78 is 1.87. The van der Waals surface area contributed by atoms with Crippen molar-refractivity contribution in [2.24, 2.45) is 5.92 Å². The van der Waals surface area contributed by atoms with Gasteiger partial charge in [0, 0.05) is 43.2 Å². The summed E-state index contributed by atoms with van der Waals surface area (Å²) >= 11 is 0. The topological polar surface area (TPSA) is 66.6 Å². The van der Waals surface area contributed by atoms with Gasteiger partial charge in [0.05, 0.1) is 11.7 Å². The van der Waals surface area contributed by atoms with Crippen molar-refractivity contribution >= 4 is 17.4 Å². The molecule has 0 radical (unpaired) electrons. The molecule has 2 aliphatic heterocycles. The number of likely N-dealkylation sites (tertiary alicyclic amines) is 1. The van der Waals surface area contributed by atoms with E-state index in [1.165, 1.54) is 6.42 Å². The third kappa shape index (κ3) is 3.85. The van der Waals surface area contributed by atoms with Crippen LogP contribution in [0.1, 0.15) is 71.7 Å². The van der Waals surface area contributed by atoms with Gasteiger partial charge in [0.15, 0.2) is 5.65 Å². The minimum atomic E-state index is -0.0452. The highest BCUT2D eigenvalue weighted by atomic mass is 16.2. The van der Waals surface area contributed by atoms with E-state index in [0.717, 1.165) is 72.9 Å². The summed E-state index contributed by atoms with van der Waals surface area (Å²) in [6.07, 6.45) is 6.30. The van der Waals surface area contributed by atoms with Crippen molar-refractivity contribution in [3.8, 4) is 0 Å². The van der Waals surface area contributed by atoms with Gasteiger partial charge in [-0.15, -0.1) is 0 Å². The average Bonchev–Trinajstić information content (AvgIpc) is 3.37. The Balaban J connectivity index is 1.47. The van der Waals surface area contributed by atoms with Crippen molar-refractivity contribution < 1.29 is 4.79 Å². The van der Waals surface area contributed by atoms with Crippen LogP contribution in [-0.4, -0.2) is 50.0 Å². The maximum atomic E-state index is 13.4. The second kappa shape index (κ2) is 8.19. The predicted molar refractivity (Wildman–Crippen MR) is 125 cm³/mol. The van der Waals surface area contributed by atoms with Gasteiger partial charge in [-0.05, 0) is 70.1 Å². The summed E-state index contributed by atoms with van der Waals surface area (Å²) in [4.78, 5) is 27.3. The molecule has 0 bridgehead atoms.